The highest BCUT2D eigenvalue weighted by Crippen LogP contribution is 2.64. The molecule has 2 heterocycles. The van der Waals surface area contributed by atoms with Gasteiger partial charge in [0.25, 0.3) is 0 Å². The molecule has 0 radical (unpaired) electrons. The summed E-state index contributed by atoms with van der Waals surface area (Å²) in [6.45, 7) is 16.8. The maximum atomic E-state index is 7.00. The summed E-state index contributed by atoms with van der Waals surface area (Å²) in [5, 5.41) is 4.72. The predicted octanol–water partition coefficient (Wildman–Crippen LogP) is 19.5. The number of benzene rings is 10. The van der Waals surface area contributed by atoms with Crippen LogP contribution in [0.3, 0.4) is 0 Å². The van der Waals surface area contributed by atoms with Gasteiger partial charge in [-0.1, -0.05) is 187 Å². The second-order valence-corrected chi connectivity index (χ2v) is 22.4. The molecule has 0 atom stereocenters. The minimum absolute atomic E-state index is 0.227. The van der Waals surface area contributed by atoms with Crippen molar-refractivity contribution >= 4 is 60.9 Å². The summed E-state index contributed by atoms with van der Waals surface area (Å²) >= 11 is 0. The van der Waals surface area contributed by atoms with Crippen LogP contribution in [0.1, 0.15) is 80.5 Å². The number of hydrogen-bond donors (Lipinski definition) is 0. The highest BCUT2D eigenvalue weighted by Gasteiger charge is 2.49. The number of nitrogens with zero attached hydrogens (tertiary/aromatic N) is 1. The number of hydrogen-bond acceptors (Lipinski definition) is 3. The van der Waals surface area contributed by atoms with E-state index in [1.54, 1.807) is 0 Å². The van der Waals surface area contributed by atoms with E-state index in [-0.39, 0.29) is 16.2 Å². The Morgan fingerprint density at radius 3 is 1.56 bits per heavy atom. The van der Waals surface area contributed by atoms with Gasteiger partial charge in [0.1, 0.15) is 22.3 Å². The summed E-state index contributed by atoms with van der Waals surface area (Å²) in [4.78, 5) is 2.50. The van der Waals surface area contributed by atoms with Gasteiger partial charge in [-0.3, -0.25) is 0 Å². The zero-order valence-corrected chi connectivity index (χ0v) is 42.2. The molecular weight excluding hydrogens is 887 g/mol. The third-order valence-corrected chi connectivity index (χ3v) is 17.3. The molecule has 350 valence electrons. The number of aryl methyl sites for hydroxylation is 1. The summed E-state index contributed by atoms with van der Waals surface area (Å²) in [6.07, 6.45) is 0. The van der Waals surface area contributed by atoms with E-state index in [0.29, 0.717) is 0 Å². The maximum absolute atomic E-state index is 7.00. The molecule has 0 bridgehead atoms. The molecule has 0 saturated heterocycles. The lowest BCUT2D eigenvalue weighted by Crippen LogP contribution is -2.24. The fraction of sp³-hybridized carbons (Fsp3) is 0.143. The van der Waals surface area contributed by atoms with Gasteiger partial charge in [-0.15, -0.1) is 0 Å². The molecule has 0 saturated carbocycles. The van der Waals surface area contributed by atoms with E-state index < -0.39 is 0 Å². The highest BCUT2D eigenvalue weighted by atomic mass is 16.3. The van der Waals surface area contributed by atoms with Crippen LogP contribution in [0, 0.1) is 6.92 Å². The van der Waals surface area contributed by atoms with E-state index in [4.69, 9.17) is 8.83 Å². The number of furan rings is 2. The predicted molar refractivity (Wildman–Crippen MR) is 304 cm³/mol. The molecule has 0 unspecified atom stereocenters. The van der Waals surface area contributed by atoms with Gasteiger partial charge in [0.2, 0.25) is 0 Å². The minimum Gasteiger partial charge on any atom is -0.455 e. The largest absolute Gasteiger partial charge is 0.455 e. The Morgan fingerprint density at radius 1 is 0.356 bits per heavy atom. The second kappa shape index (κ2) is 14.6. The molecule has 10 aromatic carbocycles. The van der Waals surface area contributed by atoms with Gasteiger partial charge < -0.3 is 13.7 Å². The first kappa shape index (κ1) is 42.3. The number of anilines is 3. The molecule has 0 spiro atoms. The first-order valence-electron chi connectivity index (χ1n) is 25.8. The Morgan fingerprint density at radius 2 is 0.863 bits per heavy atom. The van der Waals surface area contributed by atoms with E-state index in [1.165, 1.54) is 99.6 Å². The number of para-hydroxylation sites is 3. The standard InChI is InChI=1S/C70H53NO2/c1-40-19-11-16-26-56(40)71(45-34-36-48-54(38-45)70(6,7)64-60(48)62-50-24-14-18-28-58(50)73-67(62)63-46-22-12-15-25-52(46)69(4,5)65(63)64)44-33-35-47-53(37-44)68(2,3)55-39-51(43-31-29-42(30-32-43)41-20-9-8-10-21-41)66-61(59(47)55)49-23-13-17-27-57(49)72-66/h8-39H,1-7H3. The minimum atomic E-state index is -0.325. The van der Waals surface area contributed by atoms with Crippen molar-refractivity contribution in [2.24, 2.45) is 0 Å². The van der Waals surface area contributed by atoms with Crippen LogP contribution >= 0.6 is 0 Å². The lowest BCUT2D eigenvalue weighted by Gasteiger charge is -2.32. The van der Waals surface area contributed by atoms with Crippen molar-refractivity contribution in [1.29, 1.82) is 0 Å². The average Bonchev–Trinajstić information content (AvgIpc) is 4.18. The van der Waals surface area contributed by atoms with Crippen molar-refractivity contribution in [2.75, 3.05) is 4.90 Å². The fourth-order valence-corrected chi connectivity index (χ4v) is 13.8. The first-order chi connectivity index (χ1) is 35.4. The van der Waals surface area contributed by atoms with Gasteiger partial charge >= 0.3 is 0 Å². The Hall–Kier alpha value is -8.40. The molecule has 3 heteroatoms. The molecule has 0 N–H and O–H groups in total. The van der Waals surface area contributed by atoms with Crippen molar-refractivity contribution in [3.05, 3.63) is 233 Å². The molecule has 73 heavy (non-hydrogen) atoms. The molecule has 3 aliphatic rings. The smallest absolute Gasteiger partial charge is 0.144 e. The molecule has 3 nitrogen and oxygen atoms in total. The van der Waals surface area contributed by atoms with E-state index in [0.717, 1.165) is 55.9 Å². The third-order valence-electron chi connectivity index (χ3n) is 17.3. The normalized spacial score (nSPS) is 15.1. The van der Waals surface area contributed by atoms with Crippen LogP contribution in [0.5, 0.6) is 0 Å². The molecule has 12 aromatic rings. The van der Waals surface area contributed by atoms with E-state index in [2.05, 4.69) is 247 Å². The van der Waals surface area contributed by atoms with Crippen molar-refractivity contribution in [2.45, 2.75) is 64.7 Å². The molecule has 0 aliphatic heterocycles. The SMILES string of the molecule is Cc1ccccc1N(c1ccc2c(c1)C(C)(C)c1cc(-c3ccc(-c4ccccc4)cc3)c3oc4ccccc4c3c1-2)c1ccc2c(c1)C(C)(C)c1c3c(c4oc5ccccc5c4c1-2)-c1ccccc1C3(C)C. The summed E-state index contributed by atoms with van der Waals surface area (Å²) in [5.41, 5.74) is 28.0. The van der Waals surface area contributed by atoms with Crippen LogP contribution in [0.2, 0.25) is 0 Å². The molecule has 0 amide bonds. The third kappa shape index (κ3) is 5.60. The van der Waals surface area contributed by atoms with Gasteiger partial charge in [0.05, 0.1) is 0 Å². The Labute approximate surface area is 426 Å². The van der Waals surface area contributed by atoms with Crippen LogP contribution in [-0.2, 0) is 16.2 Å². The van der Waals surface area contributed by atoms with Crippen LogP contribution in [0.15, 0.2) is 203 Å². The summed E-state index contributed by atoms with van der Waals surface area (Å²) in [7, 11) is 0. The lowest BCUT2D eigenvalue weighted by molar-refractivity contribution is 0.600. The van der Waals surface area contributed by atoms with Crippen LogP contribution in [0.4, 0.5) is 17.1 Å². The van der Waals surface area contributed by atoms with Crippen LogP contribution in [-0.4, -0.2) is 0 Å². The van der Waals surface area contributed by atoms with Gasteiger partial charge in [-0.2, -0.15) is 0 Å². The van der Waals surface area contributed by atoms with Crippen LogP contribution in [0.25, 0.3) is 99.5 Å². The number of fused-ring (bicyclic) bond motifs is 19. The average molecular weight is 940 g/mol. The topological polar surface area (TPSA) is 29.5 Å². The van der Waals surface area contributed by atoms with Gasteiger partial charge in [0, 0.05) is 66.0 Å². The van der Waals surface area contributed by atoms with Crippen LogP contribution < -0.4 is 4.90 Å². The van der Waals surface area contributed by atoms with Gasteiger partial charge in [-0.25, -0.2) is 0 Å². The Bertz CT molecular complexity index is 4350. The summed E-state index contributed by atoms with van der Waals surface area (Å²) in [5.74, 6) is 0. The first-order valence-corrected chi connectivity index (χ1v) is 25.8. The zero-order chi connectivity index (χ0) is 49.3. The molecular formula is C70H53NO2. The van der Waals surface area contributed by atoms with Crippen molar-refractivity contribution < 1.29 is 8.83 Å². The van der Waals surface area contributed by atoms with E-state index in [9.17, 15) is 0 Å². The fourth-order valence-electron chi connectivity index (χ4n) is 13.8. The highest BCUT2D eigenvalue weighted by molar-refractivity contribution is 6.21. The second-order valence-electron chi connectivity index (χ2n) is 22.4. The van der Waals surface area contributed by atoms with Crippen molar-refractivity contribution in [3.63, 3.8) is 0 Å². The quantitative estimate of drug-likeness (QED) is 0.172. The monoisotopic (exact) mass is 939 g/mol. The lowest BCUT2D eigenvalue weighted by atomic mass is 9.72. The Balaban J connectivity index is 0.920. The Kier molecular flexibility index (Phi) is 8.47. The maximum Gasteiger partial charge on any atom is 0.144 e. The molecule has 2 aromatic heterocycles. The summed E-state index contributed by atoms with van der Waals surface area (Å²) < 4.78 is 13.9. The van der Waals surface area contributed by atoms with Crippen molar-refractivity contribution in [3.8, 4) is 55.6 Å². The summed E-state index contributed by atoms with van der Waals surface area (Å²) in [6, 6.07) is 71.5. The molecule has 3 aliphatic carbocycles. The van der Waals surface area contributed by atoms with Gasteiger partial charge in [-0.05, 0) is 139 Å². The number of rotatable bonds is 5. The van der Waals surface area contributed by atoms with E-state index >= 15 is 0 Å². The molecule has 15 rings (SSSR count). The van der Waals surface area contributed by atoms with Gasteiger partial charge in [0.15, 0.2) is 0 Å². The van der Waals surface area contributed by atoms with Crippen molar-refractivity contribution in [1.82, 2.24) is 0 Å². The molecule has 0 fully saturated rings. The van der Waals surface area contributed by atoms with E-state index in [1.807, 2.05) is 0 Å². The zero-order valence-electron chi connectivity index (χ0n) is 42.2.